The third-order valence-corrected chi connectivity index (χ3v) is 2.76. The van der Waals surface area contributed by atoms with Crippen LogP contribution in [0.4, 0.5) is 0 Å². The van der Waals surface area contributed by atoms with E-state index in [-0.39, 0.29) is 0 Å². The summed E-state index contributed by atoms with van der Waals surface area (Å²) in [6.45, 7) is 2.32. The molecule has 0 aromatic heterocycles. The Morgan fingerprint density at radius 1 is 1.50 bits per heavy atom. The summed E-state index contributed by atoms with van der Waals surface area (Å²) in [4.78, 5) is 0. The van der Waals surface area contributed by atoms with Gasteiger partial charge in [-0.1, -0.05) is 13.3 Å². The summed E-state index contributed by atoms with van der Waals surface area (Å²) in [6, 6.07) is 0.661. The van der Waals surface area contributed by atoms with Gasteiger partial charge < -0.3 is 5.43 Å². The van der Waals surface area contributed by atoms with Crippen molar-refractivity contribution in [3.63, 3.8) is 0 Å². The highest BCUT2D eigenvalue weighted by Gasteiger charge is 2.31. The smallest absolute Gasteiger partial charge is 0.0543 e. The lowest BCUT2D eigenvalue weighted by Gasteiger charge is -2.29. The summed E-state index contributed by atoms with van der Waals surface area (Å²) in [5.41, 5.74) is 3.18. The molecule has 1 saturated carbocycles. The van der Waals surface area contributed by atoms with Gasteiger partial charge in [-0.15, -0.1) is 0 Å². The Hall–Kier alpha value is -0.530. The van der Waals surface area contributed by atoms with Crippen LogP contribution >= 0.6 is 0 Å². The molecule has 1 aliphatic carbocycles. The zero-order chi connectivity index (χ0) is 6.97. The minimum atomic E-state index is 0.661. The zero-order valence-electron chi connectivity index (χ0n) is 6.38. The molecule has 1 N–H and O–H groups in total. The maximum atomic E-state index is 4.10. The molecule has 0 bridgehead atoms. The average Bonchev–Trinajstić information content (AvgIpc) is 2.36. The fourth-order valence-electron chi connectivity index (χ4n) is 2.07. The predicted molar refractivity (Wildman–Crippen MR) is 41.9 cm³/mol. The van der Waals surface area contributed by atoms with Crippen LogP contribution in [0.15, 0.2) is 5.10 Å². The first kappa shape index (κ1) is 6.20. The molecule has 2 rings (SSSR count). The van der Waals surface area contributed by atoms with Crippen LogP contribution < -0.4 is 5.43 Å². The van der Waals surface area contributed by atoms with Crippen molar-refractivity contribution >= 4 is 6.21 Å². The first-order valence-electron chi connectivity index (χ1n) is 4.16. The SMILES string of the molecule is CC1CCCC2C=NNC12. The van der Waals surface area contributed by atoms with Gasteiger partial charge in [0, 0.05) is 12.1 Å². The lowest BCUT2D eigenvalue weighted by molar-refractivity contribution is 0.265. The van der Waals surface area contributed by atoms with Crippen molar-refractivity contribution < 1.29 is 0 Å². The molecule has 56 valence electrons. The minimum Gasteiger partial charge on any atom is -0.306 e. The van der Waals surface area contributed by atoms with Gasteiger partial charge in [-0.25, -0.2) is 0 Å². The van der Waals surface area contributed by atoms with Crippen LogP contribution in [-0.4, -0.2) is 12.3 Å². The molecule has 0 aromatic carbocycles. The molecular formula is C8H14N2. The number of hydrogen-bond donors (Lipinski definition) is 1. The lowest BCUT2D eigenvalue weighted by Crippen LogP contribution is -2.37. The maximum absolute atomic E-state index is 4.10. The summed E-state index contributed by atoms with van der Waals surface area (Å²) in [6.07, 6.45) is 6.18. The molecule has 10 heavy (non-hydrogen) atoms. The summed E-state index contributed by atoms with van der Waals surface area (Å²) in [7, 11) is 0. The van der Waals surface area contributed by atoms with Crippen LogP contribution in [0.1, 0.15) is 26.2 Å². The van der Waals surface area contributed by atoms with Crippen molar-refractivity contribution in [3.05, 3.63) is 0 Å². The van der Waals surface area contributed by atoms with E-state index in [4.69, 9.17) is 0 Å². The summed E-state index contributed by atoms with van der Waals surface area (Å²) in [5.74, 6) is 1.56. The van der Waals surface area contributed by atoms with Gasteiger partial charge >= 0.3 is 0 Å². The van der Waals surface area contributed by atoms with E-state index in [2.05, 4.69) is 23.7 Å². The Kier molecular flexibility index (Phi) is 1.40. The van der Waals surface area contributed by atoms with E-state index >= 15 is 0 Å². The molecule has 1 aliphatic heterocycles. The molecule has 2 nitrogen and oxygen atoms in total. The third-order valence-electron chi connectivity index (χ3n) is 2.76. The maximum Gasteiger partial charge on any atom is 0.0543 e. The monoisotopic (exact) mass is 138 g/mol. The second-order valence-corrected chi connectivity index (χ2v) is 3.51. The van der Waals surface area contributed by atoms with Gasteiger partial charge in [-0.05, 0) is 18.8 Å². The normalized spacial score (nSPS) is 44.7. The van der Waals surface area contributed by atoms with Gasteiger partial charge in [0.05, 0.1) is 6.04 Å². The highest BCUT2D eigenvalue weighted by atomic mass is 15.3. The molecule has 0 aromatic rings. The van der Waals surface area contributed by atoms with Crippen LogP contribution in [0.3, 0.4) is 0 Å². The number of fused-ring (bicyclic) bond motifs is 1. The average molecular weight is 138 g/mol. The van der Waals surface area contributed by atoms with Crippen LogP contribution in [0.5, 0.6) is 0 Å². The Balaban J connectivity index is 2.07. The summed E-state index contributed by atoms with van der Waals surface area (Å²) in [5, 5.41) is 4.10. The Bertz CT molecular complexity index is 153. The molecular weight excluding hydrogens is 124 g/mol. The molecule has 1 heterocycles. The highest BCUT2D eigenvalue weighted by molar-refractivity contribution is 5.63. The molecule has 2 heteroatoms. The highest BCUT2D eigenvalue weighted by Crippen LogP contribution is 2.30. The fourth-order valence-corrected chi connectivity index (χ4v) is 2.07. The second-order valence-electron chi connectivity index (χ2n) is 3.51. The fraction of sp³-hybridized carbons (Fsp3) is 0.875. The standard InChI is InChI=1S/C8H14N2/c1-6-3-2-4-7-5-9-10-8(6)7/h5-8,10H,2-4H2,1H3. The molecule has 2 aliphatic rings. The van der Waals surface area contributed by atoms with Crippen LogP contribution in [0.25, 0.3) is 0 Å². The van der Waals surface area contributed by atoms with Crippen molar-refractivity contribution in [3.8, 4) is 0 Å². The Labute approximate surface area is 61.7 Å². The van der Waals surface area contributed by atoms with Crippen molar-refractivity contribution in [1.82, 2.24) is 5.43 Å². The molecule has 3 atom stereocenters. The Morgan fingerprint density at radius 3 is 3.20 bits per heavy atom. The van der Waals surface area contributed by atoms with Gasteiger partial charge in [0.15, 0.2) is 0 Å². The largest absolute Gasteiger partial charge is 0.306 e. The van der Waals surface area contributed by atoms with E-state index < -0.39 is 0 Å². The minimum absolute atomic E-state index is 0.661. The molecule has 0 amide bonds. The zero-order valence-corrected chi connectivity index (χ0v) is 6.38. The van der Waals surface area contributed by atoms with E-state index in [9.17, 15) is 0 Å². The molecule has 3 unspecified atom stereocenters. The van der Waals surface area contributed by atoms with E-state index in [0.29, 0.717) is 6.04 Å². The van der Waals surface area contributed by atoms with Gasteiger partial charge in [0.25, 0.3) is 0 Å². The predicted octanol–water partition coefficient (Wildman–Crippen LogP) is 1.38. The van der Waals surface area contributed by atoms with Crippen molar-refractivity contribution in [2.24, 2.45) is 16.9 Å². The molecule has 1 fully saturated rings. The summed E-state index contributed by atoms with van der Waals surface area (Å²) >= 11 is 0. The third kappa shape index (κ3) is 0.825. The Morgan fingerprint density at radius 2 is 2.40 bits per heavy atom. The van der Waals surface area contributed by atoms with E-state index in [1.807, 2.05) is 0 Å². The van der Waals surface area contributed by atoms with E-state index in [1.54, 1.807) is 0 Å². The number of nitrogens with zero attached hydrogens (tertiary/aromatic N) is 1. The quantitative estimate of drug-likeness (QED) is 0.537. The first-order chi connectivity index (χ1) is 4.88. The van der Waals surface area contributed by atoms with Crippen molar-refractivity contribution in [1.29, 1.82) is 0 Å². The van der Waals surface area contributed by atoms with Gasteiger partial charge in [0.1, 0.15) is 0 Å². The number of hydrogen-bond acceptors (Lipinski definition) is 2. The van der Waals surface area contributed by atoms with E-state index in [1.165, 1.54) is 19.3 Å². The molecule has 0 radical (unpaired) electrons. The second kappa shape index (κ2) is 2.26. The van der Waals surface area contributed by atoms with Gasteiger partial charge in [-0.2, -0.15) is 5.10 Å². The van der Waals surface area contributed by atoms with Crippen LogP contribution in [0.2, 0.25) is 0 Å². The number of nitrogens with one attached hydrogen (secondary N) is 1. The number of hydrazone groups is 1. The van der Waals surface area contributed by atoms with Crippen molar-refractivity contribution in [2.45, 2.75) is 32.2 Å². The summed E-state index contributed by atoms with van der Waals surface area (Å²) < 4.78 is 0. The molecule has 0 saturated heterocycles. The first-order valence-corrected chi connectivity index (χ1v) is 4.16. The van der Waals surface area contributed by atoms with Gasteiger partial charge in [-0.3, -0.25) is 0 Å². The molecule has 0 spiro atoms. The van der Waals surface area contributed by atoms with Crippen LogP contribution in [0, 0.1) is 11.8 Å². The van der Waals surface area contributed by atoms with Gasteiger partial charge in [0.2, 0.25) is 0 Å². The van der Waals surface area contributed by atoms with E-state index in [0.717, 1.165) is 11.8 Å². The van der Waals surface area contributed by atoms with Crippen molar-refractivity contribution in [2.75, 3.05) is 0 Å². The van der Waals surface area contributed by atoms with Crippen LogP contribution in [-0.2, 0) is 0 Å². The lowest BCUT2D eigenvalue weighted by atomic mass is 9.79. The topological polar surface area (TPSA) is 24.4 Å². The number of rotatable bonds is 0.